The first-order valence-corrected chi connectivity index (χ1v) is 6.53. The third kappa shape index (κ3) is 3.72. The monoisotopic (exact) mass is 257 g/mol. The Hall–Kier alpha value is -1.06. The molecular weight excluding hydrogens is 230 g/mol. The zero-order valence-electron chi connectivity index (χ0n) is 12.7. The summed E-state index contributed by atoms with van der Waals surface area (Å²) in [5, 5.41) is 9.31. The van der Waals surface area contributed by atoms with Crippen LogP contribution in [0.15, 0.2) is 0 Å². The molecule has 0 radical (unpaired) electrons. The third-order valence-electron chi connectivity index (χ3n) is 4.25. The topological polar surface area (TPSA) is 57.6 Å². The molecule has 2 unspecified atom stereocenters. The van der Waals surface area contributed by atoms with Crippen molar-refractivity contribution >= 4 is 11.9 Å². The molecule has 0 fully saturated rings. The second-order valence-electron chi connectivity index (χ2n) is 6.04. The minimum Gasteiger partial charge on any atom is -0.481 e. The Morgan fingerprint density at radius 1 is 1.17 bits per heavy atom. The largest absolute Gasteiger partial charge is 0.481 e. The van der Waals surface area contributed by atoms with Gasteiger partial charge in [0.25, 0.3) is 0 Å². The summed E-state index contributed by atoms with van der Waals surface area (Å²) in [5.74, 6) is -0.734. The maximum absolute atomic E-state index is 12.2. The Morgan fingerprint density at radius 3 is 1.89 bits per heavy atom. The normalized spacial score (nSPS) is 16.5. The molecule has 4 heteroatoms. The lowest BCUT2D eigenvalue weighted by atomic mass is 9.76. The average molecular weight is 257 g/mol. The summed E-state index contributed by atoms with van der Waals surface area (Å²) in [6.45, 7) is 11.4. The molecule has 0 spiro atoms. The van der Waals surface area contributed by atoms with Crippen molar-refractivity contribution in [2.75, 3.05) is 7.05 Å². The van der Waals surface area contributed by atoms with Gasteiger partial charge in [-0.3, -0.25) is 9.59 Å². The fourth-order valence-corrected chi connectivity index (χ4v) is 1.64. The van der Waals surface area contributed by atoms with Crippen LogP contribution in [-0.4, -0.2) is 35.0 Å². The van der Waals surface area contributed by atoms with Crippen LogP contribution in [-0.2, 0) is 9.59 Å². The fourth-order valence-electron chi connectivity index (χ4n) is 1.64. The standard InChI is InChI=1S/C14H27NO3/c1-9(2)11(5)15(7)12(16)8-14(6,10(3)4)13(17)18/h9-11H,8H2,1-7H3,(H,17,18). The molecule has 0 saturated heterocycles. The van der Waals surface area contributed by atoms with E-state index in [0.29, 0.717) is 5.92 Å². The van der Waals surface area contributed by atoms with Crippen molar-refractivity contribution in [1.29, 1.82) is 0 Å². The van der Waals surface area contributed by atoms with Crippen molar-refractivity contribution in [3.05, 3.63) is 0 Å². The molecule has 0 saturated carbocycles. The number of hydrogen-bond acceptors (Lipinski definition) is 2. The molecule has 0 bridgehead atoms. The van der Waals surface area contributed by atoms with Crippen molar-refractivity contribution in [2.45, 2.75) is 54.0 Å². The van der Waals surface area contributed by atoms with Crippen LogP contribution >= 0.6 is 0 Å². The lowest BCUT2D eigenvalue weighted by Crippen LogP contribution is -2.43. The van der Waals surface area contributed by atoms with E-state index in [1.54, 1.807) is 18.9 Å². The highest BCUT2D eigenvalue weighted by Gasteiger charge is 2.40. The highest BCUT2D eigenvalue weighted by molar-refractivity contribution is 5.85. The quantitative estimate of drug-likeness (QED) is 0.795. The van der Waals surface area contributed by atoms with E-state index < -0.39 is 11.4 Å². The van der Waals surface area contributed by atoms with Crippen molar-refractivity contribution in [3.63, 3.8) is 0 Å². The minimum atomic E-state index is -0.998. The van der Waals surface area contributed by atoms with Gasteiger partial charge in [0.1, 0.15) is 0 Å². The predicted octanol–water partition coefficient (Wildman–Crippen LogP) is 2.63. The van der Waals surface area contributed by atoms with E-state index in [9.17, 15) is 14.7 Å². The summed E-state index contributed by atoms with van der Waals surface area (Å²) in [6.07, 6.45) is 0.0492. The molecule has 18 heavy (non-hydrogen) atoms. The molecule has 0 heterocycles. The van der Waals surface area contributed by atoms with Crippen LogP contribution in [0.1, 0.15) is 48.0 Å². The molecule has 0 rings (SSSR count). The van der Waals surface area contributed by atoms with Crippen LogP contribution in [0.25, 0.3) is 0 Å². The van der Waals surface area contributed by atoms with Crippen molar-refractivity contribution < 1.29 is 14.7 Å². The SMILES string of the molecule is CC(C)C(C)N(C)C(=O)CC(C)(C(=O)O)C(C)C. The molecule has 0 aliphatic heterocycles. The maximum Gasteiger partial charge on any atom is 0.310 e. The van der Waals surface area contributed by atoms with Gasteiger partial charge in [0.2, 0.25) is 5.91 Å². The van der Waals surface area contributed by atoms with E-state index in [1.807, 2.05) is 34.6 Å². The molecule has 1 amide bonds. The summed E-state index contributed by atoms with van der Waals surface area (Å²) in [4.78, 5) is 25.2. The maximum atomic E-state index is 12.2. The number of carbonyl (C=O) groups is 2. The minimum absolute atomic E-state index is 0.0492. The van der Waals surface area contributed by atoms with Gasteiger partial charge in [-0.1, -0.05) is 27.7 Å². The van der Waals surface area contributed by atoms with E-state index in [4.69, 9.17) is 0 Å². The van der Waals surface area contributed by atoms with Gasteiger partial charge in [-0.2, -0.15) is 0 Å². The molecule has 0 aliphatic rings. The van der Waals surface area contributed by atoms with E-state index in [1.165, 1.54) is 0 Å². The average Bonchev–Trinajstić information content (AvgIpc) is 2.25. The van der Waals surface area contributed by atoms with Crippen molar-refractivity contribution in [2.24, 2.45) is 17.3 Å². The smallest absolute Gasteiger partial charge is 0.310 e. The first-order valence-electron chi connectivity index (χ1n) is 6.53. The predicted molar refractivity (Wildman–Crippen MR) is 72.3 cm³/mol. The molecule has 106 valence electrons. The van der Waals surface area contributed by atoms with Gasteiger partial charge in [0.05, 0.1) is 5.41 Å². The van der Waals surface area contributed by atoms with E-state index in [0.717, 1.165) is 0 Å². The van der Waals surface area contributed by atoms with Crippen LogP contribution < -0.4 is 0 Å². The zero-order chi connectivity index (χ0) is 14.7. The van der Waals surface area contributed by atoms with Gasteiger partial charge in [0, 0.05) is 19.5 Å². The Bertz CT molecular complexity index is 312. The molecule has 0 aromatic rings. The summed E-state index contributed by atoms with van der Waals surface area (Å²) >= 11 is 0. The van der Waals surface area contributed by atoms with E-state index in [2.05, 4.69) is 0 Å². The lowest BCUT2D eigenvalue weighted by molar-refractivity contribution is -0.155. The molecule has 0 aromatic heterocycles. The van der Waals surface area contributed by atoms with Gasteiger partial charge in [-0.15, -0.1) is 0 Å². The Balaban J connectivity index is 4.88. The van der Waals surface area contributed by atoms with Crippen LogP contribution in [0.5, 0.6) is 0 Å². The number of aliphatic carboxylic acids is 1. The summed E-state index contributed by atoms with van der Waals surface area (Å²) in [5.41, 5.74) is -0.998. The first kappa shape index (κ1) is 16.9. The van der Waals surface area contributed by atoms with E-state index >= 15 is 0 Å². The Morgan fingerprint density at radius 2 is 1.61 bits per heavy atom. The highest BCUT2D eigenvalue weighted by Crippen LogP contribution is 2.32. The van der Waals surface area contributed by atoms with Crippen molar-refractivity contribution in [1.82, 2.24) is 4.90 Å². The van der Waals surface area contributed by atoms with Gasteiger partial charge >= 0.3 is 5.97 Å². The molecule has 4 nitrogen and oxygen atoms in total. The summed E-state index contributed by atoms with van der Waals surface area (Å²) < 4.78 is 0. The lowest BCUT2D eigenvalue weighted by Gasteiger charge is -2.33. The summed E-state index contributed by atoms with van der Waals surface area (Å²) in [6, 6.07) is 0.114. The first-order chi connectivity index (χ1) is 8.04. The zero-order valence-corrected chi connectivity index (χ0v) is 12.7. The highest BCUT2D eigenvalue weighted by atomic mass is 16.4. The third-order valence-corrected chi connectivity index (χ3v) is 4.25. The van der Waals surface area contributed by atoms with Crippen LogP contribution in [0, 0.1) is 17.3 Å². The second-order valence-corrected chi connectivity index (χ2v) is 6.04. The molecule has 0 aliphatic carbocycles. The second kappa shape index (κ2) is 6.21. The number of rotatable bonds is 6. The van der Waals surface area contributed by atoms with Gasteiger partial charge < -0.3 is 10.0 Å². The Kier molecular flexibility index (Phi) is 5.84. The molecular formula is C14H27NO3. The van der Waals surface area contributed by atoms with Gasteiger partial charge in [0.15, 0.2) is 0 Å². The van der Waals surface area contributed by atoms with Crippen molar-refractivity contribution in [3.8, 4) is 0 Å². The molecule has 0 aromatic carbocycles. The van der Waals surface area contributed by atoms with Crippen LogP contribution in [0.3, 0.4) is 0 Å². The van der Waals surface area contributed by atoms with Gasteiger partial charge in [-0.05, 0) is 25.7 Å². The fraction of sp³-hybridized carbons (Fsp3) is 0.857. The number of carbonyl (C=O) groups excluding carboxylic acids is 1. The number of amides is 1. The Labute approximate surface area is 110 Å². The summed E-state index contributed by atoms with van der Waals surface area (Å²) in [7, 11) is 1.75. The number of carboxylic acids is 1. The number of hydrogen-bond donors (Lipinski definition) is 1. The van der Waals surface area contributed by atoms with Gasteiger partial charge in [-0.25, -0.2) is 0 Å². The molecule has 2 atom stereocenters. The van der Waals surface area contributed by atoms with Crippen LogP contribution in [0.4, 0.5) is 0 Å². The van der Waals surface area contributed by atoms with Crippen LogP contribution in [0.2, 0.25) is 0 Å². The molecule has 1 N–H and O–H groups in total. The van der Waals surface area contributed by atoms with E-state index in [-0.39, 0.29) is 24.3 Å². The number of nitrogens with zero attached hydrogens (tertiary/aromatic N) is 1. The number of carboxylic acid groups (broad SMARTS) is 1.